The van der Waals surface area contributed by atoms with Gasteiger partial charge in [0.25, 0.3) is 0 Å². The van der Waals surface area contributed by atoms with Gasteiger partial charge in [-0.1, -0.05) is 0 Å². The molecule has 1 aliphatic rings. The van der Waals surface area contributed by atoms with Crippen LogP contribution in [0.4, 0.5) is 0 Å². The van der Waals surface area contributed by atoms with E-state index in [0.717, 1.165) is 30.7 Å². The normalized spacial score (nSPS) is 14.5. The maximum Gasteiger partial charge on any atom is 0.185 e. The molecular formula is C14H16N2O2. The zero-order valence-electron chi connectivity index (χ0n) is 10.5. The zero-order valence-corrected chi connectivity index (χ0v) is 10.5. The summed E-state index contributed by atoms with van der Waals surface area (Å²) < 4.78 is 7.65. The molecule has 0 amide bonds. The number of furan rings is 1. The number of rotatable bonds is 3. The van der Waals surface area contributed by atoms with Crippen LogP contribution in [0.1, 0.15) is 46.4 Å². The van der Waals surface area contributed by atoms with E-state index in [1.54, 1.807) is 6.07 Å². The molecule has 4 nitrogen and oxygen atoms in total. The predicted octanol–water partition coefficient (Wildman–Crippen LogP) is 2.52. The third-order valence-corrected chi connectivity index (χ3v) is 3.54. The summed E-state index contributed by atoms with van der Waals surface area (Å²) in [6.07, 6.45) is 5.38. The van der Waals surface area contributed by atoms with Crippen LogP contribution in [0, 0.1) is 6.92 Å². The first kappa shape index (κ1) is 11.3. The molecule has 0 spiro atoms. The Morgan fingerprint density at radius 1 is 1.39 bits per heavy atom. The van der Waals surface area contributed by atoms with E-state index in [9.17, 15) is 4.79 Å². The van der Waals surface area contributed by atoms with Crippen molar-refractivity contribution in [2.75, 3.05) is 0 Å². The Labute approximate surface area is 106 Å². The third kappa shape index (κ3) is 1.88. The van der Waals surface area contributed by atoms with Gasteiger partial charge in [-0.15, -0.1) is 0 Å². The molecule has 0 aliphatic heterocycles. The summed E-state index contributed by atoms with van der Waals surface area (Å²) in [6.45, 7) is 2.70. The van der Waals surface area contributed by atoms with E-state index in [2.05, 4.69) is 9.55 Å². The summed E-state index contributed by atoms with van der Waals surface area (Å²) in [5.74, 6) is 2.23. The van der Waals surface area contributed by atoms with Crippen molar-refractivity contribution in [3.8, 4) is 0 Å². The third-order valence-electron chi connectivity index (χ3n) is 3.54. The molecule has 2 aromatic heterocycles. The van der Waals surface area contributed by atoms with Gasteiger partial charge in [0, 0.05) is 5.69 Å². The molecule has 0 fully saturated rings. The highest BCUT2D eigenvalue weighted by Crippen LogP contribution is 2.23. The van der Waals surface area contributed by atoms with Gasteiger partial charge >= 0.3 is 0 Å². The number of imidazole rings is 1. The Bertz CT molecular complexity index is 581. The van der Waals surface area contributed by atoms with Crippen molar-refractivity contribution < 1.29 is 9.21 Å². The van der Waals surface area contributed by atoms with Crippen LogP contribution < -0.4 is 0 Å². The second kappa shape index (κ2) is 4.44. The predicted molar refractivity (Wildman–Crippen MR) is 66.8 cm³/mol. The van der Waals surface area contributed by atoms with Crippen molar-refractivity contribution in [1.29, 1.82) is 0 Å². The van der Waals surface area contributed by atoms with Crippen molar-refractivity contribution in [3.05, 3.63) is 40.9 Å². The van der Waals surface area contributed by atoms with Gasteiger partial charge in [0.1, 0.15) is 11.6 Å². The first-order chi connectivity index (χ1) is 8.78. The van der Waals surface area contributed by atoms with E-state index < -0.39 is 0 Å². The molecule has 94 valence electrons. The average molecular weight is 244 g/mol. The van der Waals surface area contributed by atoms with Gasteiger partial charge in [0.05, 0.1) is 12.2 Å². The average Bonchev–Trinajstić information content (AvgIpc) is 2.96. The van der Waals surface area contributed by atoms with Gasteiger partial charge in [0.2, 0.25) is 0 Å². The number of hydrogen-bond donors (Lipinski definition) is 0. The van der Waals surface area contributed by atoms with Crippen LogP contribution in [0.25, 0.3) is 0 Å². The quantitative estimate of drug-likeness (QED) is 0.779. The summed E-state index contributed by atoms with van der Waals surface area (Å²) in [4.78, 5) is 15.2. The van der Waals surface area contributed by atoms with Gasteiger partial charge < -0.3 is 8.98 Å². The second-order valence-corrected chi connectivity index (χ2v) is 4.77. The zero-order chi connectivity index (χ0) is 12.5. The lowest BCUT2D eigenvalue weighted by Crippen LogP contribution is -2.09. The molecule has 0 aromatic carbocycles. The molecule has 3 rings (SSSR count). The molecule has 0 N–H and O–H groups in total. The molecule has 0 radical (unpaired) electrons. The van der Waals surface area contributed by atoms with E-state index in [-0.39, 0.29) is 0 Å². The summed E-state index contributed by atoms with van der Waals surface area (Å²) >= 11 is 0. The molecule has 0 atom stereocenters. The molecule has 1 aliphatic carbocycles. The fourth-order valence-electron chi connectivity index (χ4n) is 2.64. The van der Waals surface area contributed by atoms with Gasteiger partial charge in [-0.3, -0.25) is 4.79 Å². The Morgan fingerprint density at radius 2 is 2.22 bits per heavy atom. The number of carbonyl (C=O) groups excluding carboxylic acids is 1. The maximum atomic E-state index is 10.6. The molecule has 4 heteroatoms. The summed E-state index contributed by atoms with van der Waals surface area (Å²) in [7, 11) is 0. The second-order valence-electron chi connectivity index (χ2n) is 4.77. The highest BCUT2D eigenvalue weighted by atomic mass is 16.3. The lowest BCUT2D eigenvalue weighted by molar-refractivity contribution is 0.109. The van der Waals surface area contributed by atoms with Crippen LogP contribution in [0.3, 0.4) is 0 Å². The molecule has 0 bridgehead atoms. The number of aldehydes is 1. The number of fused-ring (bicyclic) bond motifs is 1. The van der Waals surface area contributed by atoms with E-state index in [1.807, 2.05) is 13.0 Å². The van der Waals surface area contributed by atoms with Gasteiger partial charge in [-0.05, 0) is 44.7 Å². The minimum absolute atomic E-state index is 0.386. The molecule has 2 aromatic rings. The highest BCUT2D eigenvalue weighted by Gasteiger charge is 2.18. The Morgan fingerprint density at radius 3 is 3.00 bits per heavy atom. The number of aryl methyl sites for hydroxylation is 2. The summed E-state index contributed by atoms with van der Waals surface area (Å²) in [5, 5.41) is 0. The topological polar surface area (TPSA) is 48.0 Å². The van der Waals surface area contributed by atoms with E-state index >= 15 is 0 Å². The molecule has 18 heavy (non-hydrogen) atoms. The van der Waals surface area contributed by atoms with Crippen molar-refractivity contribution in [2.45, 2.75) is 39.2 Å². The van der Waals surface area contributed by atoms with Crippen molar-refractivity contribution >= 4 is 6.29 Å². The number of aromatic nitrogens is 2. The van der Waals surface area contributed by atoms with Crippen molar-refractivity contribution in [2.24, 2.45) is 0 Å². The highest BCUT2D eigenvalue weighted by molar-refractivity contribution is 5.70. The van der Waals surface area contributed by atoms with E-state index in [0.29, 0.717) is 12.3 Å². The SMILES string of the molecule is Cc1nc2c(n1Cc1ccc(C=O)o1)CCCC2. The van der Waals surface area contributed by atoms with Crippen molar-refractivity contribution in [3.63, 3.8) is 0 Å². The first-order valence-corrected chi connectivity index (χ1v) is 6.36. The fraction of sp³-hybridized carbons (Fsp3) is 0.429. The van der Waals surface area contributed by atoms with Crippen molar-refractivity contribution in [1.82, 2.24) is 9.55 Å². The molecule has 0 unspecified atom stereocenters. The maximum absolute atomic E-state index is 10.6. The number of carbonyl (C=O) groups is 1. The van der Waals surface area contributed by atoms with Crippen LogP contribution in [0.5, 0.6) is 0 Å². The summed E-state index contributed by atoms with van der Waals surface area (Å²) in [6, 6.07) is 3.57. The van der Waals surface area contributed by atoms with Crippen LogP contribution in [0.2, 0.25) is 0 Å². The molecule has 0 saturated carbocycles. The van der Waals surface area contributed by atoms with Gasteiger partial charge in [-0.25, -0.2) is 4.98 Å². The van der Waals surface area contributed by atoms with Crippen LogP contribution in [-0.2, 0) is 19.4 Å². The van der Waals surface area contributed by atoms with Gasteiger partial charge in [-0.2, -0.15) is 0 Å². The molecular weight excluding hydrogens is 228 g/mol. The Hall–Kier alpha value is -1.84. The van der Waals surface area contributed by atoms with Crippen LogP contribution in [0.15, 0.2) is 16.5 Å². The summed E-state index contributed by atoms with van der Waals surface area (Å²) in [5.41, 5.74) is 2.57. The number of hydrogen-bond acceptors (Lipinski definition) is 3. The molecule has 0 saturated heterocycles. The fourth-order valence-corrected chi connectivity index (χ4v) is 2.64. The Balaban J connectivity index is 1.92. The van der Waals surface area contributed by atoms with Crippen LogP contribution in [-0.4, -0.2) is 15.8 Å². The lowest BCUT2D eigenvalue weighted by Gasteiger charge is -2.13. The van der Waals surface area contributed by atoms with E-state index in [1.165, 1.54) is 24.2 Å². The van der Waals surface area contributed by atoms with Crippen LogP contribution >= 0.6 is 0 Å². The lowest BCUT2D eigenvalue weighted by atomic mass is 10.0. The standard InChI is InChI=1S/C14H16N2O2/c1-10-15-13-4-2-3-5-14(13)16(10)8-11-6-7-12(9-17)18-11/h6-7,9H,2-5,8H2,1H3. The van der Waals surface area contributed by atoms with E-state index in [4.69, 9.17) is 4.42 Å². The Kier molecular flexibility index (Phi) is 2.78. The largest absolute Gasteiger partial charge is 0.456 e. The first-order valence-electron chi connectivity index (χ1n) is 6.36. The number of nitrogens with zero attached hydrogens (tertiary/aromatic N) is 2. The minimum Gasteiger partial charge on any atom is -0.456 e. The molecule has 2 heterocycles. The smallest absolute Gasteiger partial charge is 0.185 e. The monoisotopic (exact) mass is 244 g/mol. The minimum atomic E-state index is 0.386. The van der Waals surface area contributed by atoms with Gasteiger partial charge in [0.15, 0.2) is 12.0 Å².